The van der Waals surface area contributed by atoms with Crippen molar-refractivity contribution in [2.24, 2.45) is 0 Å². The van der Waals surface area contributed by atoms with Crippen LogP contribution in [0.15, 0.2) is 18.2 Å². The first-order valence-corrected chi connectivity index (χ1v) is 6.71. The van der Waals surface area contributed by atoms with Gasteiger partial charge in [-0.15, -0.1) is 5.10 Å². The van der Waals surface area contributed by atoms with Gasteiger partial charge in [0.15, 0.2) is 5.82 Å². The molecule has 0 amide bonds. The monoisotopic (exact) mass is 304 g/mol. The quantitative estimate of drug-likeness (QED) is 0.872. The molecule has 0 N–H and O–H groups in total. The molecule has 0 atom stereocenters. The van der Waals surface area contributed by atoms with E-state index in [0.717, 1.165) is 5.56 Å². The van der Waals surface area contributed by atoms with Crippen molar-refractivity contribution < 1.29 is 4.39 Å². The highest BCUT2D eigenvalue weighted by atomic mass is 35.5. The van der Waals surface area contributed by atoms with E-state index in [0.29, 0.717) is 27.7 Å². The minimum Gasteiger partial charge on any atom is -0.353 e. The summed E-state index contributed by atoms with van der Waals surface area (Å²) in [6.45, 7) is 3.81. The maximum absolute atomic E-state index is 13.8. The number of anilines is 1. The SMILES string of the molecule is Cc1nnc(N(C)Cc2c(F)cccc2Cl)c(C#N)c1C. The van der Waals surface area contributed by atoms with Crippen molar-refractivity contribution in [3.05, 3.63) is 51.4 Å². The van der Waals surface area contributed by atoms with Crippen molar-refractivity contribution in [1.29, 1.82) is 5.26 Å². The summed E-state index contributed by atoms with van der Waals surface area (Å²) in [5, 5.41) is 17.7. The number of hydrogen-bond acceptors (Lipinski definition) is 4. The van der Waals surface area contributed by atoms with Crippen molar-refractivity contribution >= 4 is 17.4 Å². The Hall–Kier alpha value is -2.19. The molecule has 2 rings (SSSR count). The number of halogens is 2. The van der Waals surface area contributed by atoms with Crippen molar-refractivity contribution in [3.8, 4) is 6.07 Å². The van der Waals surface area contributed by atoms with E-state index < -0.39 is 0 Å². The van der Waals surface area contributed by atoms with E-state index >= 15 is 0 Å². The van der Waals surface area contributed by atoms with Crippen molar-refractivity contribution in [2.75, 3.05) is 11.9 Å². The second-order valence-electron chi connectivity index (χ2n) is 4.78. The van der Waals surface area contributed by atoms with Crippen LogP contribution in [0, 0.1) is 31.0 Å². The van der Waals surface area contributed by atoms with Gasteiger partial charge in [-0.3, -0.25) is 0 Å². The van der Waals surface area contributed by atoms with Gasteiger partial charge in [0.05, 0.1) is 5.69 Å². The maximum atomic E-state index is 13.8. The van der Waals surface area contributed by atoms with Gasteiger partial charge in [0, 0.05) is 24.2 Å². The molecule has 0 unspecified atom stereocenters. The van der Waals surface area contributed by atoms with Crippen LogP contribution in [0.5, 0.6) is 0 Å². The number of aryl methyl sites for hydroxylation is 1. The number of benzene rings is 1. The number of hydrogen-bond donors (Lipinski definition) is 0. The van der Waals surface area contributed by atoms with E-state index in [9.17, 15) is 9.65 Å². The molecule has 0 aliphatic rings. The van der Waals surface area contributed by atoms with E-state index in [1.165, 1.54) is 6.07 Å². The van der Waals surface area contributed by atoms with Gasteiger partial charge in [-0.25, -0.2) is 4.39 Å². The first-order chi connectivity index (χ1) is 9.95. The highest BCUT2D eigenvalue weighted by Gasteiger charge is 2.17. The Bertz CT molecular complexity index is 704. The second-order valence-corrected chi connectivity index (χ2v) is 5.18. The first-order valence-electron chi connectivity index (χ1n) is 6.33. The molecule has 0 saturated heterocycles. The smallest absolute Gasteiger partial charge is 0.169 e. The first kappa shape index (κ1) is 15.2. The average Bonchev–Trinajstić information content (AvgIpc) is 2.45. The summed E-state index contributed by atoms with van der Waals surface area (Å²) in [5.41, 5.74) is 2.28. The molecule has 21 heavy (non-hydrogen) atoms. The van der Waals surface area contributed by atoms with Crippen LogP contribution in [0.3, 0.4) is 0 Å². The summed E-state index contributed by atoms with van der Waals surface area (Å²) in [5.74, 6) is 0.0320. The molecule has 0 radical (unpaired) electrons. The summed E-state index contributed by atoms with van der Waals surface area (Å²) in [4.78, 5) is 1.67. The molecule has 2 aromatic rings. The summed E-state index contributed by atoms with van der Waals surface area (Å²) >= 11 is 6.02. The van der Waals surface area contributed by atoms with Crippen LogP contribution < -0.4 is 4.90 Å². The largest absolute Gasteiger partial charge is 0.353 e. The predicted octanol–water partition coefficient (Wildman–Crippen LogP) is 3.39. The van der Waals surface area contributed by atoms with Gasteiger partial charge in [-0.05, 0) is 31.5 Å². The van der Waals surface area contributed by atoms with Gasteiger partial charge in [0.25, 0.3) is 0 Å². The molecule has 0 aliphatic carbocycles. The Kier molecular flexibility index (Phi) is 4.39. The minimum atomic E-state index is -0.385. The number of nitriles is 1. The van der Waals surface area contributed by atoms with Gasteiger partial charge in [0.1, 0.15) is 17.4 Å². The van der Waals surface area contributed by atoms with E-state index in [1.807, 2.05) is 6.92 Å². The number of rotatable bonds is 3. The van der Waals surface area contributed by atoms with Crippen molar-refractivity contribution in [1.82, 2.24) is 10.2 Å². The summed E-state index contributed by atoms with van der Waals surface area (Å²) in [7, 11) is 1.72. The zero-order valence-corrected chi connectivity index (χ0v) is 12.7. The standard InChI is InChI=1S/C15H14ClFN4/c1-9-10(2)19-20-15(11(9)7-18)21(3)8-12-13(16)5-4-6-14(12)17/h4-6H,8H2,1-3H3. The fourth-order valence-electron chi connectivity index (χ4n) is 1.99. The molecule has 0 bridgehead atoms. The maximum Gasteiger partial charge on any atom is 0.169 e. The van der Waals surface area contributed by atoms with Crippen LogP contribution in [-0.4, -0.2) is 17.2 Å². The minimum absolute atomic E-state index is 0.206. The lowest BCUT2D eigenvalue weighted by molar-refractivity contribution is 0.607. The lowest BCUT2D eigenvalue weighted by atomic mass is 10.1. The predicted molar refractivity (Wildman–Crippen MR) is 79.7 cm³/mol. The topological polar surface area (TPSA) is 52.8 Å². The Morgan fingerprint density at radius 1 is 1.33 bits per heavy atom. The van der Waals surface area contributed by atoms with E-state index in [4.69, 9.17) is 11.6 Å². The van der Waals surface area contributed by atoms with Crippen LogP contribution in [0.2, 0.25) is 5.02 Å². The molecule has 6 heteroatoms. The van der Waals surface area contributed by atoms with Gasteiger partial charge in [0.2, 0.25) is 0 Å². The van der Waals surface area contributed by atoms with Crippen LogP contribution >= 0.6 is 11.6 Å². The molecule has 1 aromatic carbocycles. The fraction of sp³-hybridized carbons (Fsp3) is 0.267. The number of nitrogens with zero attached hydrogens (tertiary/aromatic N) is 4. The Morgan fingerprint density at radius 2 is 2.05 bits per heavy atom. The molecule has 1 aromatic heterocycles. The zero-order valence-electron chi connectivity index (χ0n) is 12.0. The molecular weight excluding hydrogens is 291 g/mol. The van der Waals surface area contributed by atoms with Crippen molar-refractivity contribution in [2.45, 2.75) is 20.4 Å². The third-order valence-electron chi connectivity index (χ3n) is 3.37. The molecule has 0 aliphatic heterocycles. The highest BCUT2D eigenvalue weighted by Crippen LogP contribution is 2.25. The molecule has 1 heterocycles. The number of aromatic nitrogens is 2. The van der Waals surface area contributed by atoms with Crippen LogP contribution in [0.25, 0.3) is 0 Å². The molecule has 0 saturated carbocycles. The molecule has 4 nitrogen and oxygen atoms in total. The highest BCUT2D eigenvalue weighted by molar-refractivity contribution is 6.31. The van der Waals surface area contributed by atoms with Gasteiger partial charge >= 0.3 is 0 Å². The fourth-order valence-corrected chi connectivity index (χ4v) is 2.22. The van der Waals surface area contributed by atoms with Gasteiger partial charge in [-0.2, -0.15) is 10.4 Å². The molecular formula is C15H14ClFN4. The Balaban J connectivity index is 2.40. The molecule has 0 spiro atoms. The van der Waals surface area contributed by atoms with Crippen LogP contribution in [0.1, 0.15) is 22.4 Å². The third-order valence-corrected chi connectivity index (χ3v) is 3.72. The normalized spacial score (nSPS) is 10.3. The second kappa shape index (κ2) is 6.06. The van der Waals surface area contributed by atoms with E-state index in [-0.39, 0.29) is 12.4 Å². The van der Waals surface area contributed by atoms with Crippen molar-refractivity contribution in [3.63, 3.8) is 0 Å². The van der Waals surface area contributed by atoms with Gasteiger partial charge < -0.3 is 4.90 Å². The van der Waals surface area contributed by atoms with E-state index in [1.54, 1.807) is 31.0 Å². The molecule has 0 fully saturated rings. The summed E-state index contributed by atoms with van der Waals surface area (Å²) in [6, 6.07) is 6.67. The van der Waals surface area contributed by atoms with Gasteiger partial charge in [-0.1, -0.05) is 17.7 Å². The average molecular weight is 305 g/mol. The Labute approximate surface area is 127 Å². The lowest BCUT2D eigenvalue weighted by Crippen LogP contribution is -2.21. The summed E-state index contributed by atoms with van der Waals surface area (Å²) < 4.78 is 13.8. The summed E-state index contributed by atoms with van der Waals surface area (Å²) in [6.07, 6.45) is 0. The van der Waals surface area contributed by atoms with E-state index in [2.05, 4.69) is 16.3 Å². The van der Waals surface area contributed by atoms with Crippen LogP contribution in [-0.2, 0) is 6.54 Å². The Morgan fingerprint density at radius 3 is 2.67 bits per heavy atom. The lowest BCUT2D eigenvalue weighted by Gasteiger charge is -2.20. The third kappa shape index (κ3) is 2.96. The van der Waals surface area contributed by atoms with Crippen LogP contribution in [0.4, 0.5) is 10.2 Å². The zero-order chi connectivity index (χ0) is 15.6. The molecule has 108 valence electrons.